The minimum absolute atomic E-state index is 0.823. The molecule has 2 heterocycles. The highest BCUT2D eigenvalue weighted by molar-refractivity contribution is 7.98. The van der Waals surface area contributed by atoms with Gasteiger partial charge >= 0.3 is 0 Å². The molecule has 0 radical (unpaired) electrons. The van der Waals surface area contributed by atoms with Crippen molar-refractivity contribution < 1.29 is 0 Å². The number of thiazole rings is 1. The van der Waals surface area contributed by atoms with Crippen molar-refractivity contribution in [2.75, 3.05) is 18.0 Å². The van der Waals surface area contributed by atoms with Gasteiger partial charge in [0.15, 0.2) is 11.0 Å². The number of hydrogen-bond donors (Lipinski definition) is 0. The average Bonchev–Trinajstić information content (AvgIpc) is 3.27. The summed E-state index contributed by atoms with van der Waals surface area (Å²) >= 11 is 3.38. The van der Waals surface area contributed by atoms with Crippen molar-refractivity contribution in [3.8, 4) is 11.4 Å². The molecule has 0 aliphatic heterocycles. The molecule has 0 unspecified atom stereocenters. The summed E-state index contributed by atoms with van der Waals surface area (Å²) in [7, 11) is 0. The topological polar surface area (TPSA) is 46.8 Å². The van der Waals surface area contributed by atoms with Gasteiger partial charge in [0.2, 0.25) is 0 Å². The minimum Gasteiger partial charge on any atom is -0.372 e. The average molecular weight is 388 g/mol. The second-order valence-electron chi connectivity index (χ2n) is 5.92. The van der Waals surface area contributed by atoms with Crippen LogP contribution in [-0.2, 0) is 12.3 Å². The molecule has 3 rings (SSSR count). The van der Waals surface area contributed by atoms with Crippen LogP contribution in [0.5, 0.6) is 0 Å². The number of aryl methyl sites for hydroxylation is 1. The zero-order chi connectivity index (χ0) is 18.5. The molecule has 26 heavy (non-hydrogen) atoms. The van der Waals surface area contributed by atoms with Crippen molar-refractivity contribution >= 4 is 28.8 Å². The second-order valence-corrected chi connectivity index (χ2v) is 7.92. The molecule has 0 saturated carbocycles. The van der Waals surface area contributed by atoms with E-state index >= 15 is 0 Å². The van der Waals surface area contributed by atoms with Crippen LogP contribution in [0.25, 0.3) is 11.4 Å². The van der Waals surface area contributed by atoms with Gasteiger partial charge in [0, 0.05) is 42.0 Å². The first-order valence-electron chi connectivity index (χ1n) is 8.98. The van der Waals surface area contributed by atoms with Gasteiger partial charge in [0.25, 0.3) is 0 Å². The molecule has 0 aliphatic carbocycles. The molecule has 138 valence electrons. The summed E-state index contributed by atoms with van der Waals surface area (Å²) in [6.07, 6.45) is 0. The van der Waals surface area contributed by atoms with Crippen LogP contribution < -0.4 is 4.90 Å². The highest BCUT2D eigenvalue weighted by atomic mass is 32.2. The third-order valence-electron chi connectivity index (χ3n) is 4.30. The molecule has 0 fully saturated rings. The smallest absolute Gasteiger partial charge is 0.191 e. The fourth-order valence-corrected chi connectivity index (χ4v) is 4.53. The third kappa shape index (κ3) is 4.10. The van der Waals surface area contributed by atoms with Crippen molar-refractivity contribution in [2.24, 2.45) is 0 Å². The molecule has 0 bridgehead atoms. The molecule has 0 N–H and O–H groups in total. The lowest BCUT2D eigenvalue weighted by molar-refractivity contribution is 0.687. The standard InChI is InChI=1S/C19H25N5S2/c1-5-23(6-2)17-10-8-15(9-11-17)18-21-22-19(24(18)7-3)26-13-16-12-25-14(4)20-16/h8-12H,5-7,13H2,1-4H3. The molecule has 1 aromatic carbocycles. The lowest BCUT2D eigenvalue weighted by Gasteiger charge is -2.21. The molecule has 7 heteroatoms. The van der Waals surface area contributed by atoms with Crippen molar-refractivity contribution in [3.63, 3.8) is 0 Å². The first-order chi connectivity index (χ1) is 12.7. The Labute approximate surface area is 163 Å². The first kappa shape index (κ1) is 18.9. The van der Waals surface area contributed by atoms with E-state index in [0.29, 0.717) is 0 Å². The van der Waals surface area contributed by atoms with E-state index in [2.05, 4.69) is 75.1 Å². The second kappa shape index (κ2) is 8.68. The predicted molar refractivity (Wildman–Crippen MR) is 111 cm³/mol. The van der Waals surface area contributed by atoms with E-state index in [0.717, 1.165) is 52.6 Å². The Bertz CT molecular complexity index is 834. The van der Waals surface area contributed by atoms with Crippen molar-refractivity contribution in [2.45, 2.75) is 45.1 Å². The Morgan fingerprint density at radius 2 is 1.81 bits per heavy atom. The number of anilines is 1. The maximum Gasteiger partial charge on any atom is 0.191 e. The molecule has 3 aromatic rings. The van der Waals surface area contributed by atoms with E-state index in [9.17, 15) is 0 Å². The van der Waals surface area contributed by atoms with E-state index in [4.69, 9.17) is 0 Å². The van der Waals surface area contributed by atoms with Gasteiger partial charge in [-0.1, -0.05) is 11.8 Å². The fraction of sp³-hybridized carbons (Fsp3) is 0.421. The van der Waals surface area contributed by atoms with E-state index in [1.54, 1.807) is 23.1 Å². The Morgan fingerprint density at radius 3 is 2.38 bits per heavy atom. The number of nitrogens with zero attached hydrogens (tertiary/aromatic N) is 5. The minimum atomic E-state index is 0.823. The van der Waals surface area contributed by atoms with Gasteiger partial charge in [-0.2, -0.15) is 0 Å². The zero-order valence-electron chi connectivity index (χ0n) is 15.8. The van der Waals surface area contributed by atoms with Gasteiger partial charge in [-0.05, 0) is 52.0 Å². The van der Waals surface area contributed by atoms with Gasteiger partial charge in [0.05, 0.1) is 10.7 Å². The summed E-state index contributed by atoms with van der Waals surface area (Å²) in [6.45, 7) is 11.4. The Balaban J connectivity index is 1.79. The maximum absolute atomic E-state index is 4.52. The van der Waals surface area contributed by atoms with Crippen LogP contribution in [0, 0.1) is 6.92 Å². The van der Waals surface area contributed by atoms with Crippen LogP contribution in [0.1, 0.15) is 31.5 Å². The summed E-state index contributed by atoms with van der Waals surface area (Å²) < 4.78 is 2.18. The monoisotopic (exact) mass is 387 g/mol. The van der Waals surface area contributed by atoms with Crippen LogP contribution in [0.3, 0.4) is 0 Å². The summed E-state index contributed by atoms with van der Waals surface area (Å²) in [6, 6.07) is 8.62. The first-order valence-corrected chi connectivity index (χ1v) is 10.8. The summed E-state index contributed by atoms with van der Waals surface area (Å²) in [4.78, 5) is 6.86. The Kier molecular flexibility index (Phi) is 6.32. The summed E-state index contributed by atoms with van der Waals surface area (Å²) in [5.74, 6) is 1.75. The number of aromatic nitrogens is 4. The quantitative estimate of drug-likeness (QED) is 0.516. The molecule has 0 amide bonds. The molecule has 2 aromatic heterocycles. The lowest BCUT2D eigenvalue weighted by atomic mass is 10.2. The SMILES string of the molecule is CCN(CC)c1ccc(-c2nnc(SCc3csc(C)n3)n2CC)cc1. The van der Waals surface area contributed by atoms with Gasteiger partial charge in [-0.15, -0.1) is 21.5 Å². The highest BCUT2D eigenvalue weighted by Crippen LogP contribution is 2.28. The molecule has 0 saturated heterocycles. The largest absolute Gasteiger partial charge is 0.372 e. The maximum atomic E-state index is 4.52. The fourth-order valence-electron chi connectivity index (χ4n) is 2.92. The van der Waals surface area contributed by atoms with Gasteiger partial charge < -0.3 is 9.47 Å². The van der Waals surface area contributed by atoms with E-state index in [-0.39, 0.29) is 0 Å². The van der Waals surface area contributed by atoms with E-state index < -0.39 is 0 Å². The van der Waals surface area contributed by atoms with Crippen LogP contribution in [0.4, 0.5) is 5.69 Å². The number of hydrogen-bond acceptors (Lipinski definition) is 6. The molecule has 0 aliphatic rings. The van der Waals surface area contributed by atoms with Crippen molar-refractivity contribution in [1.82, 2.24) is 19.7 Å². The summed E-state index contributed by atoms with van der Waals surface area (Å²) in [5.41, 5.74) is 3.45. The van der Waals surface area contributed by atoms with E-state index in [1.165, 1.54) is 5.69 Å². The van der Waals surface area contributed by atoms with E-state index in [1.807, 2.05) is 6.92 Å². The van der Waals surface area contributed by atoms with Gasteiger partial charge in [0.1, 0.15) is 0 Å². The molecular weight excluding hydrogens is 362 g/mol. The third-order valence-corrected chi connectivity index (χ3v) is 6.13. The van der Waals surface area contributed by atoms with Crippen LogP contribution in [-0.4, -0.2) is 32.8 Å². The number of benzene rings is 1. The Hall–Kier alpha value is -1.86. The number of rotatable bonds is 8. The zero-order valence-corrected chi connectivity index (χ0v) is 17.4. The van der Waals surface area contributed by atoms with Gasteiger partial charge in [-0.3, -0.25) is 0 Å². The van der Waals surface area contributed by atoms with Crippen molar-refractivity contribution in [3.05, 3.63) is 40.3 Å². The van der Waals surface area contributed by atoms with Crippen molar-refractivity contribution in [1.29, 1.82) is 0 Å². The van der Waals surface area contributed by atoms with Crippen LogP contribution in [0.15, 0.2) is 34.8 Å². The summed E-state index contributed by atoms with van der Waals surface area (Å²) in [5, 5.41) is 13.0. The normalized spacial score (nSPS) is 11.1. The van der Waals surface area contributed by atoms with Crippen LogP contribution in [0.2, 0.25) is 0 Å². The Morgan fingerprint density at radius 1 is 1.08 bits per heavy atom. The lowest BCUT2D eigenvalue weighted by Crippen LogP contribution is -2.21. The predicted octanol–water partition coefficient (Wildman–Crippen LogP) is 4.87. The molecule has 0 atom stereocenters. The van der Waals surface area contributed by atoms with Crippen LogP contribution >= 0.6 is 23.1 Å². The highest BCUT2D eigenvalue weighted by Gasteiger charge is 2.14. The number of thioether (sulfide) groups is 1. The molecule has 0 spiro atoms. The molecule has 5 nitrogen and oxygen atoms in total. The molecular formula is C19H25N5S2. The van der Waals surface area contributed by atoms with Gasteiger partial charge in [-0.25, -0.2) is 4.98 Å².